The summed E-state index contributed by atoms with van der Waals surface area (Å²) in [4.78, 5) is 23.9. The highest BCUT2D eigenvalue weighted by Crippen LogP contribution is 2.33. The number of carbonyl (C=O) groups is 1. The molecular formula is C22H27N7O. The summed E-state index contributed by atoms with van der Waals surface area (Å²) >= 11 is 0. The van der Waals surface area contributed by atoms with Crippen molar-refractivity contribution >= 4 is 39.6 Å². The summed E-state index contributed by atoms with van der Waals surface area (Å²) in [6.45, 7) is 3.57. The number of hydrogen-bond donors (Lipinski definition) is 4. The maximum atomic E-state index is 13.1. The average Bonchev–Trinajstić information content (AvgIpc) is 2.73. The van der Waals surface area contributed by atoms with Gasteiger partial charge in [0.1, 0.15) is 0 Å². The average molecular weight is 406 g/mol. The maximum Gasteiger partial charge on any atom is 0.276 e. The van der Waals surface area contributed by atoms with Crippen LogP contribution in [0.25, 0.3) is 10.9 Å². The van der Waals surface area contributed by atoms with Gasteiger partial charge in [0.25, 0.3) is 5.91 Å². The molecule has 0 radical (unpaired) electrons. The predicted molar refractivity (Wildman–Crippen MR) is 122 cm³/mol. The van der Waals surface area contributed by atoms with E-state index >= 15 is 0 Å². The van der Waals surface area contributed by atoms with Crippen LogP contribution in [-0.2, 0) is 6.42 Å². The summed E-state index contributed by atoms with van der Waals surface area (Å²) in [5.74, 6) is -0.397. The van der Waals surface area contributed by atoms with Crippen molar-refractivity contribution in [2.24, 2.45) is 5.73 Å². The number of aromatic nitrogens is 2. The van der Waals surface area contributed by atoms with Gasteiger partial charge in [-0.15, -0.1) is 0 Å². The summed E-state index contributed by atoms with van der Waals surface area (Å²) in [6.07, 6.45) is 6.01. The number of rotatable bonds is 4. The predicted octanol–water partition coefficient (Wildman–Crippen LogP) is 2.54. The molecule has 7 N–H and O–H groups in total. The van der Waals surface area contributed by atoms with Gasteiger partial charge in [-0.3, -0.25) is 9.78 Å². The number of anilines is 4. The lowest BCUT2D eigenvalue weighted by atomic mass is 10.1. The normalized spacial score (nSPS) is 16.6. The molecule has 1 atom stereocenters. The Hall–Kier alpha value is -3.39. The standard InChI is InChI=1S/C22H27N7O/c1-2-13-5-6-14-9-16(24)20(27-18(14)8-13)22(30)28-19-11-26-10-17(25)21(19)29-7-3-4-15(23)12-29/h5-6,8-11,15H,2-4,7,12,23-25H2,1H3,(H,28,30). The third-order valence-corrected chi connectivity index (χ3v) is 5.50. The number of carbonyl (C=O) groups excluding carboxylic acids is 1. The Labute approximate surface area is 175 Å². The number of nitrogens with two attached hydrogens (primary N) is 3. The van der Waals surface area contributed by atoms with Crippen LogP contribution in [-0.4, -0.2) is 35.0 Å². The minimum atomic E-state index is -0.397. The second-order valence-corrected chi connectivity index (χ2v) is 7.73. The highest BCUT2D eigenvalue weighted by Gasteiger charge is 2.23. The maximum absolute atomic E-state index is 13.1. The number of piperidine rings is 1. The first-order valence-electron chi connectivity index (χ1n) is 10.2. The molecule has 30 heavy (non-hydrogen) atoms. The second kappa shape index (κ2) is 8.16. The van der Waals surface area contributed by atoms with E-state index in [1.54, 1.807) is 18.5 Å². The molecule has 0 saturated carbocycles. The minimum Gasteiger partial charge on any atom is -0.397 e. The topological polar surface area (TPSA) is 136 Å². The van der Waals surface area contributed by atoms with Crippen LogP contribution >= 0.6 is 0 Å². The monoisotopic (exact) mass is 405 g/mol. The highest BCUT2D eigenvalue weighted by molar-refractivity contribution is 6.09. The van der Waals surface area contributed by atoms with Crippen LogP contribution in [0.1, 0.15) is 35.8 Å². The molecule has 1 saturated heterocycles. The van der Waals surface area contributed by atoms with Gasteiger partial charge >= 0.3 is 0 Å². The Balaban J connectivity index is 1.67. The Morgan fingerprint density at radius 1 is 1.23 bits per heavy atom. The number of pyridine rings is 2. The molecule has 3 aromatic rings. The van der Waals surface area contributed by atoms with Gasteiger partial charge in [0.15, 0.2) is 5.69 Å². The zero-order chi connectivity index (χ0) is 21.3. The van der Waals surface area contributed by atoms with Crippen molar-refractivity contribution in [2.75, 3.05) is 34.8 Å². The third-order valence-electron chi connectivity index (χ3n) is 5.50. The van der Waals surface area contributed by atoms with Crippen molar-refractivity contribution in [3.05, 3.63) is 47.9 Å². The highest BCUT2D eigenvalue weighted by atomic mass is 16.1. The quantitative estimate of drug-likeness (QED) is 0.523. The number of fused-ring (bicyclic) bond motifs is 1. The molecule has 8 nitrogen and oxygen atoms in total. The molecule has 0 bridgehead atoms. The van der Waals surface area contributed by atoms with Gasteiger partial charge in [-0.25, -0.2) is 4.98 Å². The Bertz CT molecular complexity index is 1100. The van der Waals surface area contributed by atoms with E-state index in [1.165, 1.54) is 0 Å². The fourth-order valence-electron chi connectivity index (χ4n) is 3.94. The number of aryl methyl sites for hydroxylation is 1. The molecule has 0 aliphatic carbocycles. The van der Waals surface area contributed by atoms with Crippen LogP contribution in [0.5, 0.6) is 0 Å². The van der Waals surface area contributed by atoms with Crippen molar-refractivity contribution in [1.82, 2.24) is 9.97 Å². The Morgan fingerprint density at radius 3 is 2.83 bits per heavy atom. The lowest BCUT2D eigenvalue weighted by Crippen LogP contribution is -2.43. The molecule has 1 amide bonds. The Morgan fingerprint density at radius 2 is 2.07 bits per heavy atom. The fraction of sp³-hybridized carbons (Fsp3) is 0.318. The number of nitrogens with zero attached hydrogens (tertiary/aromatic N) is 3. The molecule has 2 aromatic heterocycles. The first-order valence-corrected chi connectivity index (χ1v) is 10.2. The number of amides is 1. The van der Waals surface area contributed by atoms with Crippen molar-refractivity contribution in [3.8, 4) is 0 Å². The van der Waals surface area contributed by atoms with Crippen molar-refractivity contribution in [3.63, 3.8) is 0 Å². The van der Waals surface area contributed by atoms with Crippen molar-refractivity contribution in [1.29, 1.82) is 0 Å². The van der Waals surface area contributed by atoms with E-state index in [1.807, 2.05) is 18.2 Å². The molecule has 3 heterocycles. The second-order valence-electron chi connectivity index (χ2n) is 7.73. The Kier molecular flexibility index (Phi) is 5.41. The zero-order valence-electron chi connectivity index (χ0n) is 17.1. The molecule has 1 unspecified atom stereocenters. The van der Waals surface area contributed by atoms with Gasteiger partial charge in [-0.1, -0.05) is 19.1 Å². The summed E-state index contributed by atoms with van der Waals surface area (Å²) in [6, 6.07) is 7.84. The summed E-state index contributed by atoms with van der Waals surface area (Å²) in [7, 11) is 0. The van der Waals surface area contributed by atoms with E-state index < -0.39 is 5.91 Å². The van der Waals surface area contributed by atoms with Crippen LogP contribution in [0.3, 0.4) is 0 Å². The van der Waals surface area contributed by atoms with Crippen molar-refractivity contribution < 1.29 is 4.79 Å². The van der Waals surface area contributed by atoms with Gasteiger partial charge < -0.3 is 27.4 Å². The van der Waals surface area contributed by atoms with Gasteiger partial charge in [0.05, 0.1) is 40.7 Å². The van der Waals surface area contributed by atoms with E-state index in [2.05, 4.69) is 27.1 Å². The first-order chi connectivity index (χ1) is 14.5. The minimum absolute atomic E-state index is 0.0698. The molecular weight excluding hydrogens is 378 g/mol. The molecule has 1 fully saturated rings. The molecule has 1 aliphatic heterocycles. The van der Waals surface area contributed by atoms with Gasteiger partial charge in [-0.2, -0.15) is 0 Å². The smallest absolute Gasteiger partial charge is 0.276 e. The number of nitrogen functional groups attached to an aromatic ring is 2. The van der Waals surface area contributed by atoms with Gasteiger partial charge in [0.2, 0.25) is 0 Å². The van der Waals surface area contributed by atoms with E-state index in [4.69, 9.17) is 17.2 Å². The molecule has 4 rings (SSSR count). The zero-order valence-corrected chi connectivity index (χ0v) is 17.1. The SMILES string of the molecule is CCc1ccc2cc(N)c(C(=O)Nc3cncc(N)c3N3CCCC(N)C3)nc2c1. The van der Waals surface area contributed by atoms with E-state index in [-0.39, 0.29) is 11.7 Å². The molecule has 156 valence electrons. The van der Waals surface area contributed by atoms with Crippen LogP contribution in [0, 0.1) is 0 Å². The number of benzene rings is 1. The lowest BCUT2D eigenvalue weighted by Gasteiger charge is -2.34. The molecule has 1 aliphatic rings. The largest absolute Gasteiger partial charge is 0.397 e. The summed E-state index contributed by atoms with van der Waals surface area (Å²) in [5.41, 5.74) is 22.6. The van der Waals surface area contributed by atoms with Crippen molar-refractivity contribution in [2.45, 2.75) is 32.2 Å². The third kappa shape index (κ3) is 3.86. The van der Waals surface area contributed by atoms with E-state index in [0.717, 1.165) is 48.0 Å². The van der Waals surface area contributed by atoms with Gasteiger partial charge in [0, 0.05) is 24.5 Å². The summed E-state index contributed by atoms with van der Waals surface area (Å²) < 4.78 is 0. The fourth-order valence-corrected chi connectivity index (χ4v) is 3.94. The van der Waals surface area contributed by atoms with Crippen LogP contribution in [0.2, 0.25) is 0 Å². The van der Waals surface area contributed by atoms with Crippen LogP contribution < -0.4 is 27.4 Å². The molecule has 8 heteroatoms. The molecule has 1 aromatic carbocycles. The first kappa shape index (κ1) is 19.9. The lowest BCUT2D eigenvalue weighted by molar-refractivity contribution is 0.102. The number of hydrogen-bond acceptors (Lipinski definition) is 7. The van der Waals surface area contributed by atoms with E-state index in [9.17, 15) is 4.79 Å². The summed E-state index contributed by atoms with van der Waals surface area (Å²) in [5, 5.41) is 3.81. The van der Waals surface area contributed by atoms with Crippen LogP contribution in [0.15, 0.2) is 36.7 Å². The van der Waals surface area contributed by atoms with E-state index in [0.29, 0.717) is 23.6 Å². The van der Waals surface area contributed by atoms with Gasteiger partial charge in [-0.05, 0) is 37.0 Å². The van der Waals surface area contributed by atoms with Crippen LogP contribution in [0.4, 0.5) is 22.7 Å². The molecule has 0 spiro atoms. The number of nitrogens with one attached hydrogen (secondary N) is 1.